The van der Waals surface area contributed by atoms with Gasteiger partial charge in [0.25, 0.3) is 0 Å². The van der Waals surface area contributed by atoms with Gasteiger partial charge in [-0.25, -0.2) is 0 Å². The van der Waals surface area contributed by atoms with Gasteiger partial charge in [-0.05, 0) is 66.2 Å². The van der Waals surface area contributed by atoms with Crippen LogP contribution in [0.3, 0.4) is 0 Å². The van der Waals surface area contributed by atoms with E-state index in [1.165, 1.54) is 5.39 Å². The van der Waals surface area contributed by atoms with Crippen molar-refractivity contribution in [1.29, 1.82) is 0 Å². The van der Waals surface area contributed by atoms with Gasteiger partial charge in [-0.1, -0.05) is 26.8 Å². The van der Waals surface area contributed by atoms with Gasteiger partial charge >= 0.3 is 0 Å². The Bertz CT molecular complexity index is 597. The minimum atomic E-state index is -0.632. The summed E-state index contributed by atoms with van der Waals surface area (Å²) >= 11 is 0. The molecule has 0 bridgehead atoms. The van der Waals surface area contributed by atoms with Gasteiger partial charge in [-0.2, -0.15) is 0 Å². The second-order valence-electron chi connectivity index (χ2n) is 7.45. The van der Waals surface area contributed by atoms with Crippen molar-refractivity contribution >= 4 is 10.9 Å². The number of benzene rings is 1. The molecule has 2 nitrogen and oxygen atoms in total. The van der Waals surface area contributed by atoms with Crippen molar-refractivity contribution in [1.82, 2.24) is 4.98 Å². The van der Waals surface area contributed by atoms with Crippen LogP contribution in [0.1, 0.15) is 52.0 Å². The molecule has 1 aromatic carbocycles. The molecule has 108 valence electrons. The van der Waals surface area contributed by atoms with Crippen LogP contribution in [-0.4, -0.2) is 10.1 Å². The summed E-state index contributed by atoms with van der Waals surface area (Å²) in [6.07, 6.45) is 5.95. The highest BCUT2D eigenvalue weighted by molar-refractivity contribution is 5.80. The summed E-state index contributed by atoms with van der Waals surface area (Å²) < 4.78 is 0. The number of H-pyrrole nitrogens is 1. The van der Waals surface area contributed by atoms with E-state index in [1.54, 1.807) is 0 Å². The maximum absolute atomic E-state index is 11.0. The van der Waals surface area contributed by atoms with E-state index in [9.17, 15) is 5.11 Å². The average Bonchev–Trinajstić information content (AvgIpc) is 2.85. The van der Waals surface area contributed by atoms with Gasteiger partial charge in [0.2, 0.25) is 0 Å². The van der Waals surface area contributed by atoms with Gasteiger partial charge in [-0.3, -0.25) is 0 Å². The molecule has 0 spiro atoms. The molecule has 2 heteroatoms. The fourth-order valence-electron chi connectivity index (χ4n) is 3.59. The molecule has 0 amide bonds. The van der Waals surface area contributed by atoms with E-state index in [1.807, 2.05) is 6.20 Å². The summed E-state index contributed by atoms with van der Waals surface area (Å²) in [5, 5.41) is 12.2. The van der Waals surface area contributed by atoms with Crippen molar-refractivity contribution in [3.05, 3.63) is 36.0 Å². The smallest absolute Gasteiger partial charge is 0.0897 e. The predicted octanol–water partition coefficient (Wildman–Crippen LogP) is 4.59. The van der Waals surface area contributed by atoms with E-state index in [4.69, 9.17) is 0 Å². The number of aliphatic hydroxyl groups is 1. The zero-order valence-corrected chi connectivity index (χ0v) is 12.7. The maximum atomic E-state index is 11.0. The molecule has 3 rings (SSSR count). The maximum Gasteiger partial charge on any atom is 0.0897 e. The van der Waals surface area contributed by atoms with Crippen molar-refractivity contribution in [2.75, 3.05) is 0 Å². The minimum absolute atomic E-state index is 0.353. The molecular weight excluding hydrogens is 246 g/mol. The second kappa shape index (κ2) is 4.63. The lowest BCUT2D eigenvalue weighted by molar-refractivity contribution is -0.0297. The molecule has 0 saturated heterocycles. The SMILES string of the molecule is CC(C)(C)C1CCC(O)(c2ccc3[nH]ccc3c2)CC1. The highest BCUT2D eigenvalue weighted by Crippen LogP contribution is 2.45. The first-order chi connectivity index (χ1) is 9.38. The summed E-state index contributed by atoms with van der Waals surface area (Å²) in [5.41, 5.74) is 1.94. The van der Waals surface area contributed by atoms with Crippen LogP contribution < -0.4 is 0 Å². The second-order valence-corrected chi connectivity index (χ2v) is 7.45. The highest BCUT2D eigenvalue weighted by atomic mass is 16.3. The van der Waals surface area contributed by atoms with Gasteiger partial charge < -0.3 is 10.1 Å². The number of aromatic nitrogens is 1. The van der Waals surface area contributed by atoms with Crippen LogP contribution in [0.4, 0.5) is 0 Å². The fraction of sp³-hybridized carbons (Fsp3) is 0.556. The van der Waals surface area contributed by atoms with E-state index in [2.05, 4.69) is 50.0 Å². The molecule has 20 heavy (non-hydrogen) atoms. The molecule has 0 aliphatic heterocycles. The number of fused-ring (bicyclic) bond motifs is 1. The quantitative estimate of drug-likeness (QED) is 0.781. The van der Waals surface area contributed by atoms with Crippen LogP contribution in [-0.2, 0) is 5.60 Å². The number of rotatable bonds is 1. The Morgan fingerprint density at radius 3 is 2.50 bits per heavy atom. The van der Waals surface area contributed by atoms with Crippen LogP contribution in [0.25, 0.3) is 10.9 Å². The lowest BCUT2D eigenvalue weighted by atomic mass is 9.67. The van der Waals surface area contributed by atoms with Crippen molar-refractivity contribution in [2.24, 2.45) is 11.3 Å². The molecule has 2 aromatic rings. The molecule has 0 atom stereocenters. The first kappa shape index (κ1) is 13.7. The van der Waals surface area contributed by atoms with E-state index in [0.29, 0.717) is 5.41 Å². The van der Waals surface area contributed by atoms with Gasteiger partial charge in [0.1, 0.15) is 0 Å². The summed E-state index contributed by atoms with van der Waals surface area (Å²) in [7, 11) is 0. The van der Waals surface area contributed by atoms with Crippen LogP contribution >= 0.6 is 0 Å². The van der Waals surface area contributed by atoms with Gasteiger partial charge in [-0.15, -0.1) is 0 Å². The Morgan fingerprint density at radius 1 is 1.15 bits per heavy atom. The third-order valence-corrected chi connectivity index (χ3v) is 5.13. The first-order valence-electron chi connectivity index (χ1n) is 7.68. The predicted molar refractivity (Wildman–Crippen MR) is 83.6 cm³/mol. The lowest BCUT2D eigenvalue weighted by Crippen LogP contribution is -2.35. The van der Waals surface area contributed by atoms with Crippen LogP contribution in [0, 0.1) is 11.3 Å². The van der Waals surface area contributed by atoms with Crippen molar-refractivity contribution in [3.63, 3.8) is 0 Å². The van der Waals surface area contributed by atoms with Gasteiger partial charge in [0.15, 0.2) is 0 Å². The Balaban J connectivity index is 1.83. The van der Waals surface area contributed by atoms with E-state index in [-0.39, 0.29) is 0 Å². The Kier molecular flexibility index (Phi) is 3.17. The highest BCUT2D eigenvalue weighted by Gasteiger charge is 2.38. The Labute approximate surface area is 121 Å². The lowest BCUT2D eigenvalue weighted by Gasteiger charge is -2.41. The van der Waals surface area contributed by atoms with E-state index in [0.717, 1.165) is 42.7 Å². The standard InChI is InChI=1S/C18H25NO/c1-17(2,3)14-6-9-18(20,10-7-14)15-4-5-16-13(12-15)8-11-19-16/h4-5,8,11-12,14,19-20H,6-7,9-10H2,1-3H3. The van der Waals surface area contributed by atoms with Crippen molar-refractivity contribution < 1.29 is 5.11 Å². The molecule has 0 radical (unpaired) electrons. The van der Waals surface area contributed by atoms with Gasteiger partial charge in [0.05, 0.1) is 5.60 Å². The van der Waals surface area contributed by atoms with E-state index >= 15 is 0 Å². The topological polar surface area (TPSA) is 36.0 Å². The average molecular weight is 271 g/mol. The summed E-state index contributed by atoms with van der Waals surface area (Å²) in [6.45, 7) is 6.94. The number of hydrogen-bond donors (Lipinski definition) is 2. The monoisotopic (exact) mass is 271 g/mol. The number of aromatic amines is 1. The molecule has 1 saturated carbocycles. The Morgan fingerprint density at radius 2 is 1.85 bits per heavy atom. The Hall–Kier alpha value is -1.28. The van der Waals surface area contributed by atoms with E-state index < -0.39 is 5.60 Å². The normalized spacial score (nSPS) is 27.9. The molecular formula is C18H25NO. The fourth-order valence-corrected chi connectivity index (χ4v) is 3.59. The van der Waals surface area contributed by atoms with Gasteiger partial charge in [0, 0.05) is 11.7 Å². The van der Waals surface area contributed by atoms with Crippen molar-refractivity contribution in [2.45, 2.75) is 52.1 Å². The van der Waals surface area contributed by atoms with Crippen LogP contribution in [0.15, 0.2) is 30.5 Å². The third-order valence-electron chi connectivity index (χ3n) is 5.13. The summed E-state index contributed by atoms with van der Waals surface area (Å²) in [4.78, 5) is 3.21. The van der Waals surface area contributed by atoms with Crippen LogP contribution in [0.2, 0.25) is 0 Å². The molecule has 1 aromatic heterocycles. The number of hydrogen-bond acceptors (Lipinski definition) is 1. The largest absolute Gasteiger partial charge is 0.385 e. The zero-order valence-electron chi connectivity index (χ0n) is 12.7. The molecule has 0 unspecified atom stereocenters. The molecule has 1 heterocycles. The first-order valence-corrected chi connectivity index (χ1v) is 7.68. The van der Waals surface area contributed by atoms with Crippen molar-refractivity contribution in [3.8, 4) is 0 Å². The van der Waals surface area contributed by atoms with Crippen LogP contribution in [0.5, 0.6) is 0 Å². The summed E-state index contributed by atoms with van der Waals surface area (Å²) in [5.74, 6) is 0.721. The molecule has 1 fully saturated rings. The zero-order chi connectivity index (χ0) is 14.4. The number of nitrogens with one attached hydrogen (secondary N) is 1. The third kappa shape index (κ3) is 2.37. The molecule has 1 aliphatic carbocycles. The molecule has 2 N–H and O–H groups in total. The summed E-state index contributed by atoms with van der Waals surface area (Å²) in [6, 6.07) is 8.38. The minimum Gasteiger partial charge on any atom is -0.385 e. The molecule has 1 aliphatic rings.